The van der Waals surface area contributed by atoms with Gasteiger partial charge >= 0.3 is 0 Å². The summed E-state index contributed by atoms with van der Waals surface area (Å²) in [5.74, 6) is 1.15. The van der Waals surface area contributed by atoms with Crippen molar-refractivity contribution in [1.29, 1.82) is 0 Å². The van der Waals surface area contributed by atoms with E-state index in [0.29, 0.717) is 11.1 Å². The van der Waals surface area contributed by atoms with Gasteiger partial charge < -0.3 is 5.32 Å². The summed E-state index contributed by atoms with van der Waals surface area (Å²) in [5.41, 5.74) is 3.04. The molecular formula is C22H26N4OS. The largest absolute Gasteiger partial charge is 0.325 e. The number of hydrogen-bond donors (Lipinski definition) is 1. The number of benzene rings is 2. The third-order valence-corrected chi connectivity index (χ3v) is 5.87. The maximum Gasteiger partial charge on any atom is 0.237 e. The topological polar surface area (TPSA) is 59.8 Å². The molecule has 0 radical (unpaired) electrons. The highest BCUT2D eigenvalue weighted by molar-refractivity contribution is 8.00. The van der Waals surface area contributed by atoms with E-state index < -0.39 is 0 Å². The van der Waals surface area contributed by atoms with Gasteiger partial charge in [0.05, 0.1) is 5.25 Å². The number of hydrogen-bond acceptors (Lipinski definition) is 4. The molecule has 3 rings (SSSR count). The number of aromatic nitrogens is 3. The molecule has 3 aromatic rings. The molecule has 0 aliphatic carbocycles. The van der Waals surface area contributed by atoms with Crippen LogP contribution in [-0.2, 0) is 4.79 Å². The lowest BCUT2D eigenvalue weighted by molar-refractivity contribution is -0.115. The number of carbonyl (C=O) groups excluding carboxylic acids is 1. The molecule has 1 N–H and O–H groups in total. The van der Waals surface area contributed by atoms with E-state index in [0.717, 1.165) is 23.6 Å². The molecule has 5 nitrogen and oxygen atoms in total. The quantitative estimate of drug-likeness (QED) is 0.559. The van der Waals surface area contributed by atoms with Crippen molar-refractivity contribution in [3.8, 4) is 5.69 Å². The second-order valence-corrected chi connectivity index (χ2v) is 8.15. The molecule has 0 saturated carbocycles. The van der Waals surface area contributed by atoms with E-state index in [9.17, 15) is 4.79 Å². The molecule has 0 saturated heterocycles. The first kappa shape index (κ1) is 20.1. The first-order chi connectivity index (χ1) is 13.5. The van der Waals surface area contributed by atoms with Crippen LogP contribution in [0.5, 0.6) is 0 Å². The number of para-hydroxylation sites is 2. The Morgan fingerprint density at radius 2 is 1.75 bits per heavy atom. The van der Waals surface area contributed by atoms with Crippen molar-refractivity contribution in [2.45, 2.75) is 50.4 Å². The van der Waals surface area contributed by atoms with Crippen LogP contribution in [0.25, 0.3) is 5.69 Å². The summed E-state index contributed by atoms with van der Waals surface area (Å²) in [6, 6.07) is 18.0. The fourth-order valence-electron chi connectivity index (χ4n) is 3.00. The predicted molar refractivity (Wildman–Crippen MR) is 115 cm³/mol. The normalized spacial score (nSPS) is 13.1. The maximum absolute atomic E-state index is 12.8. The molecule has 2 aromatic carbocycles. The van der Waals surface area contributed by atoms with Crippen LogP contribution in [0.15, 0.2) is 59.8 Å². The second-order valence-electron chi connectivity index (χ2n) is 6.85. The van der Waals surface area contributed by atoms with Crippen molar-refractivity contribution in [2.75, 3.05) is 5.32 Å². The van der Waals surface area contributed by atoms with Gasteiger partial charge in [0.15, 0.2) is 5.16 Å². The van der Waals surface area contributed by atoms with Gasteiger partial charge in [-0.15, -0.1) is 10.2 Å². The van der Waals surface area contributed by atoms with Crippen molar-refractivity contribution in [2.24, 2.45) is 0 Å². The first-order valence-electron chi connectivity index (χ1n) is 9.55. The van der Waals surface area contributed by atoms with Crippen molar-refractivity contribution in [1.82, 2.24) is 14.8 Å². The van der Waals surface area contributed by atoms with Gasteiger partial charge in [0, 0.05) is 11.4 Å². The van der Waals surface area contributed by atoms with Gasteiger partial charge in [-0.25, -0.2) is 0 Å². The number of nitrogens with one attached hydrogen (secondary N) is 1. The number of amides is 1. The Kier molecular flexibility index (Phi) is 6.52. The Hall–Kier alpha value is -2.60. The van der Waals surface area contributed by atoms with Gasteiger partial charge in [-0.2, -0.15) is 0 Å². The van der Waals surface area contributed by atoms with E-state index in [1.807, 2.05) is 66.9 Å². The van der Waals surface area contributed by atoms with E-state index in [-0.39, 0.29) is 11.2 Å². The molecule has 1 heterocycles. The zero-order chi connectivity index (χ0) is 20.1. The lowest BCUT2D eigenvalue weighted by atomic mass is 9.97. The fourth-order valence-corrected chi connectivity index (χ4v) is 3.91. The van der Waals surface area contributed by atoms with Crippen LogP contribution in [0.2, 0.25) is 0 Å². The van der Waals surface area contributed by atoms with E-state index in [4.69, 9.17) is 0 Å². The highest BCUT2D eigenvalue weighted by Crippen LogP contribution is 2.29. The minimum Gasteiger partial charge on any atom is -0.325 e. The number of anilines is 1. The van der Waals surface area contributed by atoms with Crippen molar-refractivity contribution < 1.29 is 4.79 Å². The Balaban J connectivity index is 1.77. The summed E-state index contributed by atoms with van der Waals surface area (Å²) in [5, 5.41) is 12.0. The number of rotatable bonds is 7. The second kappa shape index (κ2) is 9.06. The van der Waals surface area contributed by atoms with E-state index >= 15 is 0 Å². The summed E-state index contributed by atoms with van der Waals surface area (Å²) in [6.45, 7) is 8.14. The molecule has 1 aromatic heterocycles. The van der Waals surface area contributed by atoms with Crippen LogP contribution >= 0.6 is 11.8 Å². The van der Waals surface area contributed by atoms with Crippen LogP contribution < -0.4 is 5.32 Å². The molecule has 0 fully saturated rings. The van der Waals surface area contributed by atoms with E-state index in [1.165, 1.54) is 17.3 Å². The third-order valence-electron chi connectivity index (χ3n) is 4.82. The molecule has 0 unspecified atom stereocenters. The summed E-state index contributed by atoms with van der Waals surface area (Å²) >= 11 is 1.41. The molecule has 0 aliphatic rings. The minimum atomic E-state index is -0.309. The predicted octanol–water partition coefficient (Wildman–Crippen LogP) is 5.21. The Bertz CT molecular complexity index is 939. The van der Waals surface area contributed by atoms with Crippen LogP contribution in [-0.4, -0.2) is 25.9 Å². The SMILES string of the molecule is CC[C@H](C)c1ccccc1NC(=O)[C@@H](C)Sc1nnc(C)n1-c1ccccc1. The number of thioether (sulfide) groups is 1. The summed E-state index contributed by atoms with van der Waals surface area (Å²) in [7, 11) is 0. The fraction of sp³-hybridized carbons (Fsp3) is 0.318. The van der Waals surface area contributed by atoms with Crippen LogP contribution in [0.1, 0.15) is 44.5 Å². The highest BCUT2D eigenvalue weighted by Gasteiger charge is 2.21. The Morgan fingerprint density at radius 3 is 2.46 bits per heavy atom. The van der Waals surface area contributed by atoms with Gasteiger partial charge in [0.1, 0.15) is 5.82 Å². The van der Waals surface area contributed by atoms with Crippen LogP contribution in [0, 0.1) is 6.92 Å². The van der Waals surface area contributed by atoms with Crippen molar-refractivity contribution >= 4 is 23.4 Å². The van der Waals surface area contributed by atoms with E-state index in [1.54, 1.807) is 0 Å². The zero-order valence-electron chi connectivity index (χ0n) is 16.7. The van der Waals surface area contributed by atoms with Gasteiger partial charge in [0.2, 0.25) is 5.91 Å². The summed E-state index contributed by atoms with van der Waals surface area (Å²) < 4.78 is 1.97. The van der Waals surface area contributed by atoms with Crippen molar-refractivity contribution in [3.63, 3.8) is 0 Å². The number of aryl methyl sites for hydroxylation is 1. The smallest absolute Gasteiger partial charge is 0.237 e. The monoisotopic (exact) mass is 394 g/mol. The first-order valence-corrected chi connectivity index (χ1v) is 10.4. The van der Waals surface area contributed by atoms with Gasteiger partial charge in [0.25, 0.3) is 0 Å². The third kappa shape index (κ3) is 4.44. The lowest BCUT2D eigenvalue weighted by Gasteiger charge is -2.18. The number of carbonyl (C=O) groups is 1. The average molecular weight is 395 g/mol. The molecule has 0 aliphatic heterocycles. The van der Waals surface area contributed by atoms with Crippen molar-refractivity contribution in [3.05, 3.63) is 66.0 Å². The standard InChI is InChI=1S/C22H26N4OS/c1-5-15(2)19-13-9-10-14-20(19)23-21(27)16(3)28-22-25-24-17(4)26(22)18-11-7-6-8-12-18/h6-16H,5H2,1-4H3,(H,23,27)/t15-,16+/m0/s1. The average Bonchev–Trinajstić information content (AvgIpc) is 3.08. The van der Waals surface area contributed by atoms with E-state index in [2.05, 4.69) is 35.4 Å². The molecule has 146 valence electrons. The molecular weight excluding hydrogens is 368 g/mol. The van der Waals surface area contributed by atoms with Gasteiger partial charge in [-0.05, 0) is 49.9 Å². The Labute approximate surface area is 170 Å². The lowest BCUT2D eigenvalue weighted by Crippen LogP contribution is -2.23. The summed E-state index contributed by atoms with van der Waals surface area (Å²) in [6.07, 6.45) is 1.02. The molecule has 6 heteroatoms. The Morgan fingerprint density at radius 1 is 1.07 bits per heavy atom. The van der Waals surface area contributed by atoms with Gasteiger partial charge in [-0.1, -0.05) is 62.0 Å². The molecule has 0 bridgehead atoms. The van der Waals surface area contributed by atoms with Crippen LogP contribution in [0.4, 0.5) is 5.69 Å². The molecule has 1 amide bonds. The minimum absolute atomic E-state index is 0.0407. The van der Waals surface area contributed by atoms with Crippen LogP contribution in [0.3, 0.4) is 0 Å². The molecule has 28 heavy (non-hydrogen) atoms. The summed E-state index contributed by atoms with van der Waals surface area (Å²) in [4.78, 5) is 12.8. The maximum atomic E-state index is 12.8. The van der Waals surface area contributed by atoms with Gasteiger partial charge in [-0.3, -0.25) is 9.36 Å². The molecule has 0 spiro atoms. The molecule has 2 atom stereocenters. The highest BCUT2D eigenvalue weighted by atomic mass is 32.2. The number of nitrogens with zero attached hydrogens (tertiary/aromatic N) is 3. The zero-order valence-corrected chi connectivity index (χ0v) is 17.5.